The van der Waals surface area contributed by atoms with Crippen molar-refractivity contribution in [1.82, 2.24) is 5.32 Å². The Kier molecular flexibility index (Phi) is 3.93. The van der Waals surface area contributed by atoms with E-state index >= 15 is 0 Å². The van der Waals surface area contributed by atoms with Crippen LogP contribution in [0, 0.1) is 11.3 Å². The summed E-state index contributed by atoms with van der Waals surface area (Å²) in [7, 11) is 1.43. The molecule has 1 saturated carbocycles. The van der Waals surface area contributed by atoms with Crippen molar-refractivity contribution in [2.45, 2.75) is 33.1 Å². The fraction of sp³-hybridized carbons (Fsp3) is 0.909. The van der Waals surface area contributed by atoms with Crippen LogP contribution in [-0.2, 0) is 9.53 Å². The molecule has 0 radical (unpaired) electrons. The van der Waals surface area contributed by atoms with Crippen LogP contribution in [0.5, 0.6) is 0 Å². The van der Waals surface area contributed by atoms with Crippen LogP contribution >= 0.6 is 0 Å². The van der Waals surface area contributed by atoms with Crippen molar-refractivity contribution in [2.24, 2.45) is 11.3 Å². The maximum Gasteiger partial charge on any atom is 0.306 e. The second-order valence-electron chi connectivity index (χ2n) is 4.52. The van der Waals surface area contributed by atoms with Crippen LogP contribution in [0.25, 0.3) is 0 Å². The molecule has 0 aromatic heterocycles. The summed E-state index contributed by atoms with van der Waals surface area (Å²) in [6.45, 7) is 6.33. The molecule has 82 valence electrons. The molecule has 0 heterocycles. The maximum absolute atomic E-state index is 10.8. The lowest BCUT2D eigenvalue weighted by Gasteiger charge is -2.19. The van der Waals surface area contributed by atoms with E-state index in [1.807, 2.05) is 0 Å². The van der Waals surface area contributed by atoms with Crippen LogP contribution in [0.15, 0.2) is 0 Å². The Bertz CT molecular complexity index is 197. The lowest BCUT2D eigenvalue weighted by Crippen LogP contribution is -2.29. The van der Waals surface area contributed by atoms with Crippen molar-refractivity contribution in [3.63, 3.8) is 0 Å². The first-order valence-corrected chi connectivity index (χ1v) is 5.38. The van der Waals surface area contributed by atoms with Gasteiger partial charge in [0, 0.05) is 13.1 Å². The molecular weight excluding hydrogens is 178 g/mol. The first-order valence-electron chi connectivity index (χ1n) is 5.38. The van der Waals surface area contributed by atoms with Gasteiger partial charge in [0.15, 0.2) is 0 Å². The first-order chi connectivity index (χ1) is 6.60. The summed E-state index contributed by atoms with van der Waals surface area (Å²) in [6.07, 6.45) is 3.14. The predicted octanol–water partition coefficient (Wildman–Crippen LogP) is 1.58. The minimum Gasteiger partial charge on any atom is -0.469 e. The molecule has 0 saturated heterocycles. The van der Waals surface area contributed by atoms with Gasteiger partial charge in [0.1, 0.15) is 0 Å². The zero-order chi connectivity index (χ0) is 10.6. The average Bonchev–Trinajstić information content (AvgIpc) is 2.93. The van der Waals surface area contributed by atoms with Crippen LogP contribution in [0.1, 0.15) is 33.1 Å². The van der Waals surface area contributed by atoms with Crippen molar-refractivity contribution in [2.75, 3.05) is 20.2 Å². The van der Waals surface area contributed by atoms with E-state index in [4.69, 9.17) is 0 Å². The van der Waals surface area contributed by atoms with Gasteiger partial charge >= 0.3 is 5.97 Å². The normalized spacial score (nSPS) is 18.3. The molecule has 0 spiro atoms. The maximum atomic E-state index is 10.8. The Morgan fingerprint density at radius 2 is 2.14 bits per heavy atom. The summed E-state index contributed by atoms with van der Waals surface area (Å²) in [4.78, 5) is 10.8. The van der Waals surface area contributed by atoms with E-state index in [-0.39, 0.29) is 5.97 Å². The monoisotopic (exact) mass is 199 g/mol. The second-order valence-corrected chi connectivity index (χ2v) is 4.52. The van der Waals surface area contributed by atoms with Crippen LogP contribution in [0.4, 0.5) is 0 Å². The fourth-order valence-corrected chi connectivity index (χ4v) is 1.75. The third-order valence-corrected chi connectivity index (χ3v) is 3.33. The zero-order valence-corrected chi connectivity index (χ0v) is 9.43. The molecule has 0 aromatic rings. The molecule has 0 atom stereocenters. The minimum atomic E-state index is -0.133. The van der Waals surface area contributed by atoms with Crippen LogP contribution < -0.4 is 5.32 Å². The highest BCUT2D eigenvalue weighted by atomic mass is 16.5. The number of carbonyl (C=O) groups is 1. The number of rotatable bonds is 6. The van der Waals surface area contributed by atoms with Crippen LogP contribution in [0.2, 0.25) is 0 Å². The average molecular weight is 199 g/mol. The van der Waals surface area contributed by atoms with Crippen molar-refractivity contribution < 1.29 is 9.53 Å². The van der Waals surface area contributed by atoms with Gasteiger partial charge in [-0.2, -0.15) is 0 Å². The van der Waals surface area contributed by atoms with Gasteiger partial charge in [-0.25, -0.2) is 0 Å². The highest BCUT2D eigenvalue weighted by molar-refractivity contribution is 5.69. The lowest BCUT2D eigenvalue weighted by molar-refractivity contribution is -0.140. The SMILES string of the molecule is COC(=O)CCNCC1(C(C)C)CC1. The lowest BCUT2D eigenvalue weighted by atomic mass is 9.92. The van der Waals surface area contributed by atoms with Crippen LogP contribution in [0.3, 0.4) is 0 Å². The number of hydrogen-bond donors (Lipinski definition) is 1. The molecule has 0 aromatic carbocycles. The summed E-state index contributed by atoms with van der Waals surface area (Å²) in [5, 5.41) is 3.33. The molecule has 0 aliphatic heterocycles. The van der Waals surface area contributed by atoms with Crippen molar-refractivity contribution >= 4 is 5.97 Å². The van der Waals surface area contributed by atoms with Gasteiger partial charge < -0.3 is 10.1 Å². The van der Waals surface area contributed by atoms with E-state index in [0.717, 1.165) is 19.0 Å². The first kappa shape index (κ1) is 11.5. The highest BCUT2D eigenvalue weighted by Gasteiger charge is 2.44. The Hall–Kier alpha value is -0.570. The number of hydrogen-bond acceptors (Lipinski definition) is 3. The molecule has 1 fully saturated rings. The van der Waals surface area contributed by atoms with Crippen molar-refractivity contribution in [1.29, 1.82) is 0 Å². The number of methoxy groups -OCH3 is 1. The Labute approximate surface area is 86.2 Å². The number of esters is 1. The van der Waals surface area contributed by atoms with E-state index in [0.29, 0.717) is 11.8 Å². The molecule has 3 nitrogen and oxygen atoms in total. The van der Waals surface area contributed by atoms with Crippen molar-refractivity contribution in [3.05, 3.63) is 0 Å². The highest BCUT2D eigenvalue weighted by Crippen LogP contribution is 2.51. The van der Waals surface area contributed by atoms with Gasteiger partial charge in [-0.3, -0.25) is 4.79 Å². The minimum absolute atomic E-state index is 0.133. The largest absolute Gasteiger partial charge is 0.469 e. The smallest absolute Gasteiger partial charge is 0.306 e. The molecule has 0 unspecified atom stereocenters. The Balaban J connectivity index is 2.07. The number of ether oxygens (including phenoxy) is 1. The Morgan fingerprint density at radius 1 is 1.50 bits per heavy atom. The molecular formula is C11H21NO2. The molecule has 1 rings (SSSR count). The quantitative estimate of drug-likeness (QED) is 0.521. The van der Waals surface area contributed by atoms with Gasteiger partial charge in [0.2, 0.25) is 0 Å². The van der Waals surface area contributed by atoms with Gasteiger partial charge in [-0.1, -0.05) is 13.8 Å². The van der Waals surface area contributed by atoms with Gasteiger partial charge in [0.05, 0.1) is 13.5 Å². The van der Waals surface area contributed by atoms with E-state index in [9.17, 15) is 4.79 Å². The second kappa shape index (κ2) is 4.78. The molecule has 1 aliphatic rings. The molecule has 1 aliphatic carbocycles. The molecule has 14 heavy (non-hydrogen) atoms. The molecule has 1 N–H and O–H groups in total. The van der Waals surface area contributed by atoms with E-state index < -0.39 is 0 Å². The number of nitrogens with one attached hydrogen (secondary N) is 1. The summed E-state index contributed by atoms with van der Waals surface area (Å²) < 4.78 is 4.57. The van der Waals surface area contributed by atoms with Crippen LogP contribution in [-0.4, -0.2) is 26.2 Å². The van der Waals surface area contributed by atoms with Crippen molar-refractivity contribution in [3.8, 4) is 0 Å². The summed E-state index contributed by atoms with van der Waals surface area (Å²) >= 11 is 0. The topological polar surface area (TPSA) is 38.3 Å². The number of carbonyl (C=O) groups excluding carboxylic acids is 1. The van der Waals surface area contributed by atoms with Gasteiger partial charge in [-0.05, 0) is 24.2 Å². The standard InChI is InChI=1S/C11H21NO2/c1-9(2)11(5-6-11)8-12-7-4-10(13)14-3/h9,12H,4-8H2,1-3H3. The summed E-state index contributed by atoms with van der Waals surface area (Å²) in [5.41, 5.74) is 0.524. The van der Waals surface area contributed by atoms with Gasteiger partial charge in [-0.15, -0.1) is 0 Å². The molecule has 0 amide bonds. The summed E-state index contributed by atoms with van der Waals surface area (Å²) in [5.74, 6) is 0.611. The predicted molar refractivity (Wildman–Crippen MR) is 56.0 cm³/mol. The zero-order valence-electron chi connectivity index (χ0n) is 9.43. The summed E-state index contributed by atoms with van der Waals surface area (Å²) in [6, 6.07) is 0. The molecule has 0 bridgehead atoms. The molecule has 3 heteroatoms. The Morgan fingerprint density at radius 3 is 2.57 bits per heavy atom. The fourth-order valence-electron chi connectivity index (χ4n) is 1.75. The van der Waals surface area contributed by atoms with E-state index in [1.54, 1.807) is 0 Å². The van der Waals surface area contributed by atoms with Gasteiger partial charge in [0.25, 0.3) is 0 Å². The third-order valence-electron chi connectivity index (χ3n) is 3.33. The third kappa shape index (κ3) is 2.98. The van der Waals surface area contributed by atoms with E-state index in [2.05, 4.69) is 23.9 Å². The van der Waals surface area contributed by atoms with E-state index in [1.165, 1.54) is 20.0 Å².